The number of fused-ring (bicyclic) bond motifs is 2. The number of hydrogen-bond acceptors (Lipinski definition) is 4. The average Bonchev–Trinajstić information content (AvgIpc) is 3.26. The van der Waals surface area contributed by atoms with E-state index in [9.17, 15) is 14.9 Å². The highest BCUT2D eigenvalue weighted by atomic mass is 16.4. The van der Waals surface area contributed by atoms with Gasteiger partial charge in [0.25, 0.3) is 5.91 Å². The van der Waals surface area contributed by atoms with Gasteiger partial charge in [0, 0.05) is 12.1 Å². The molecule has 0 bridgehead atoms. The first-order valence-electron chi connectivity index (χ1n) is 9.63. The molecule has 146 valence electrons. The van der Waals surface area contributed by atoms with E-state index < -0.39 is 5.76 Å². The van der Waals surface area contributed by atoms with Gasteiger partial charge in [0.05, 0.1) is 23.2 Å². The SMILES string of the molecule is N#Cc1ccccc1CC1c2ccccc2C(=O)N1Cc1ccc2[nH]c(=O)oc2c1. The molecular weight excluding hydrogens is 378 g/mol. The zero-order chi connectivity index (χ0) is 20.7. The van der Waals surface area contributed by atoms with E-state index in [0.29, 0.717) is 35.2 Å². The third kappa shape index (κ3) is 2.97. The summed E-state index contributed by atoms with van der Waals surface area (Å²) in [5.41, 5.74) is 5.13. The lowest BCUT2D eigenvalue weighted by Crippen LogP contribution is -2.29. The molecule has 0 fully saturated rings. The number of amides is 1. The first-order chi connectivity index (χ1) is 14.6. The molecule has 0 spiro atoms. The van der Waals surface area contributed by atoms with Gasteiger partial charge in [-0.05, 0) is 47.4 Å². The van der Waals surface area contributed by atoms with Crippen LogP contribution >= 0.6 is 0 Å². The standard InChI is InChI=1S/C24H17N3O3/c25-13-17-6-2-1-5-16(17)12-21-18-7-3-4-8-19(18)23(28)27(21)14-15-9-10-20-22(11-15)30-24(29)26-20/h1-11,21H,12,14H2,(H,26,29). The minimum absolute atomic E-state index is 0.0411. The number of carbonyl (C=O) groups is 1. The van der Waals surface area contributed by atoms with Gasteiger partial charge in [-0.15, -0.1) is 0 Å². The quantitative estimate of drug-likeness (QED) is 0.567. The van der Waals surface area contributed by atoms with Crippen LogP contribution in [-0.2, 0) is 13.0 Å². The van der Waals surface area contributed by atoms with E-state index in [2.05, 4.69) is 11.1 Å². The molecule has 2 heterocycles. The summed E-state index contributed by atoms with van der Waals surface area (Å²) in [5.74, 6) is -0.543. The van der Waals surface area contributed by atoms with E-state index in [1.807, 2.05) is 53.4 Å². The first-order valence-corrected chi connectivity index (χ1v) is 9.63. The van der Waals surface area contributed by atoms with E-state index in [-0.39, 0.29) is 11.9 Å². The summed E-state index contributed by atoms with van der Waals surface area (Å²) in [6, 6.07) is 22.6. The van der Waals surface area contributed by atoms with Gasteiger partial charge in [0.2, 0.25) is 0 Å². The summed E-state index contributed by atoms with van der Waals surface area (Å²) in [7, 11) is 0. The fourth-order valence-corrected chi connectivity index (χ4v) is 4.15. The maximum absolute atomic E-state index is 13.2. The molecule has 0 saturated carbocycles. The number of rotatable bonds is 4. The first kappa shape index (κ1) is 18.0. The fraction of sp³-hybridized carbons (Fsp3) is 0.125. The molecule has 1 N–H and O–H groups in total. The van der Waals surface area contributed by atoms with Gasteiger partial charge in [0.15, 0.2) is 5.58 Å². The summed E-state index contributed by atoms with van der Waals surface area (Å²) in [6.45, 7) is 0.373. The van der Waals surface area contributed by atoms with Crippen molar-refractivity contribution in [2.45, 2.75) is 19.0 Å². The Hall–Kier alpha value is -4.11. The smallest absolute Gasteiger partial charge is 0.408 e. The fourth-order valence-electron chi connectivity index (χ4n) is 4.15. The van der Waals surface area contributed by atoms with Crippen molar-refractivity contribution in [1.29, 1.82) is 5.26 Å². The van der Waals surface area contributed by atoms with Crippen LogP contribution < -0.4 is 5.76 Å². The highest BCUT2D eigenvalue weighted by Crippen LogP contribution is 2.37. The second-order valence-corrected chi connectivity index (χ2v) is 7.35. The van der Waals surface area contributed by atoms with E-state index in [0.717, 1.165) is 16.7 Å². The molecule has 0 saturated heterocycles. The molecule has 1 atom stereocenters. The second-order valence-electron chi connectivity index (χ2n) is 7.35. The lowest BCUT2D eigenvalue weighted by atomic mass is 9.95. The summed E-state index contributed by atoms with van der Waals surface area (Å²) in [5, 5.41) is 9.47. The molecule has 0 aliphatic carbocycles. The molecule has 5 rings (SSSR count). The van der Waals surface area contributed by atoms with Gasteiger partial charge in [-0.3, -0.25) is 9.78 Å². The zero-order valence-corrected chi connectivity index (χ0v) is 16.0. The van der Waals surface area contributed by atoms with Crippen LogP contribution in [-0.4, -0.2) is 15.8 Å². The van der Waals surface area contributed by atoms with Crippen molar-refractivity contribution < 1.29 is 9.21 Å². The minimum atomic E-state index is -0.502. The largest absolute Gasteiger partial charge is 0.417 e. The van der Waals surface area contributed by atoms with Crippen molar-refractivity contribution in [2.24, 2.45) is 0 Å². The van der Waals surface area contributed by atoms with Crippen molar-refractivity contribution in [1.82, 2.24) is 9.88 Å². The Labute approximate surface area is 172 Å². The number of hydrogen-bond donors (Lipinski definition) is 1. The maximum Gasteiger partial charge on any atom is 0.417 e. The molecular formula is C24H17N3O3. The van der Waals surface area contributed by atoms with Gasteiger partial charge >= 0.3 is 5.76 Å². The average molecular weight is 395 g/mol. The van der Waals surface area contributed by atoms with Crippen molar-refractivity contribution in [3.8, 4) is 6.07 Å². The Bertz CT molecular complexity index is 1380. The molecule has 1 aromatic heterocycles. The lowest BCUT2D eigenvalue weighted by molar-refractivity contribution is 0.0709. The Morgan fingerprint density at radius 3 is 2.70 bits per heavy atom. The summed E-state index contributed by atoms with van der Waals surface area (Å²) in [4.78, 5) is 29.1. The number of carbonyl (C=O) groups excluding carboxylic acids is 1. The molecule has 1 amide bonds. The Kier molecular flexibility index (Phi) is 4.22. The molecule has 6 heteroatoms. The van der Waals surface area contributed by atoms with Crippen LogP contribution in [0, 0.1) is 11.3 Å². The minimum Gasteiger partial charge on any atom is -0.408 e. The van der Waals surface area contributed by atoms with Gasteiger partial charge in [0.1, 0.15) is 0 Å². The summed E-state index contributed by atoms with van der Waals surface area (Å²) < 4.78 is 5.16. The van der Waals surface area contributed by atoms with Crippen LogP contribution in [0.2, 0.25) is 0 Å². The van der Waals surface area contributed by atoms with Crippen LogP contribution in [0.3, 0.4) is 0 Å². The number of oxazole rings is 1. The molecule has 6 nitrogen and oxygen atoms in total. The predicted octanol–water partition coefficient (Wildman–Crippen LogP) is 3.93. The topological polar surface area (TPSA) is 90.1 Å². The van der Waals surface area contributed by atoms with Gasteiger partial charge in [-0.25, -0.2) is 4.79 Å². The van der Waals surface area contributed by atoms with Crippen LogP contribution in [0.15, 0.2) is 75.9 Å². The van der Waals surface area contributed by atoms with E-state index in [1.165, 1.54) is 0 Å². The van der Waals surface area contributed by atoms with Crippen molar-refractivity contribution >= 4 is 17.0 Å². The van der Waals surface area contributed by atoms with Crippen LogP contribution in [0.5, 0.6) is 0 Å². The maximum atomic E-state index is 13.2. The monoisotopic (exact) mass is 395 g/mol. The Morgan fingerprint density at radius 2 is 1.83 bits per heavy atom. The molecule has 1 aliphatic heterocycles. The highest BCUT2D eigenvalue weighted by molar-refractivity contribution is 5.99. The molecule has 1 aliphatic rings. The molecule has 3 aromatic carbocycles. The summed E-state index contributed by atoms with van der Waals surface area (Å²) in [6.07, 6.45) is 0.550. The number of H-pyrrole nitrogens is 1. The van der Waals surface area contributed by atoms with Gasteiger partial charge < -0.3 is 9.32 Å². The van der Waals surface area contributed by atoms with Crippen LogP contribution in [0.25, 0.3) is 11.1 Å². The van der Waals surface area contributed by atoms with Crippen molar-refractivity contribution in [3.05, 3.63) is 105 Å². The molecule has 4 aromatic rings. The predicted molar refractivity (Wildman–Crippen MR) is 111 cm³/mol. The van der Waals surface area contributed by atoms with Gasteiger partial charge in [-0.1, -0.05) is 42.5 Å². The van der Waals surface area contributed by atoms with E-state index in [1.54, 1.807) is 18.2 Å². The summed E-state index contributed by atoms with van der Waals surface area (Å²) >= 11 is 0. The number of nitrogens with one attached hydrogen (secondary N) is 1. The normalized spacial score (nSPS) is 15.4. The second kappa shape index (κ2) is 7.05. The third-order valence-electron chi connectivity index (χ3n) is 5.58. The molecule has 1 unspecified atom stereocenters. The van der Waals surface area contributed by atoms with Crippen LogP contribution in [0.1, 0.15) is 38.7 Å². The Morgan fingerprint density at radius 1 is 1.03 bits per heavy atom. The van der Waals surface area contributed by atoms with Crippen molar-refractivity contribution in [3.63, 3.8) is 0 Å². The van der Waals surface area contributed by atoms with Crippen LogP contribution in [0.4, 0.5) is 0 Å². The number of nitriles is 1. The zero-order valence-electron chi connectivity index (χ0n) is 16.0. The third-order valence-corrected chi connectivity index (χ3v) is 5.58. The number of nitrogens with zero attached hydrogens (tertiary/aromatic N) is 2. The highest BCUT2D eigenvalue weighted by Gasteiger charge is 2.36. The lowest BCUT2D eigenvalue weighted by Gasteiger charge is -2.26. The van der Waals surface area contributed by atoms with Crippen molar-refractivity contribution in [2.75, 3.05) is 0 Å². The molecule has 0 radical (unpaired) electrons. The van der Waals surface area contributed by atoms with Gasteiger partial charge in [-0.2, -0.15) is 5.26 Å². The van der Waals surface area contributed by atoms with E-state index in [4.69, 9.17) is 4.42 Å². The number of aromatic amines is 1. The number of benzene rings is 3. The Balaban J connectivity index is 1.53. The van der Waals surface area contributed by atoms with E-state index >= 15 is 0 Å². The number of aromatic nitrogens is 1. The molecule has 30 heavy (non-hydrogen) atoms.